The van der Waals surface area contributed by atoms with Crippen molar-refractivity contribution in [2.24, 2.45) is 0 Å². The molecule has 4 heterocycles. The number of quaternary nitrogens is 1. The van der Waals surface area contributed by atoms with Crippen LogP contribution in [0.3, 0.4) is 0 Å². The molecule has 0 aliphatic carbocycles. The highest BCUT2D eigenvalue weighted by Gasteiger charge is 2.31. The molecule has 8 nitrogen and oxygen atoms in total. The number of nitrogens with one attached hydrogen (secondary N) is 1. The quantitative estimate of drug-likeness (QED) is 0.358. The Balaban J connectivity index is 0.000000327. The Labute approximate surface area is 258 Å². The smallest absolute Gasteiger partial charge is 0.417 e. The second kappa shape index (κ2) is 17.7. The summed E-state index contributed by atoms with van der Waals surface area (Å²) in [5.74, 6) is 0.633. The predicted molar refractivity (Wildman–Crippen MR) is 147 cm³/mol. The Kier molecular flexibility index (Phi) is 15.8. The number of halogens is 8. The number of amides is 1. The Morgan fingerprint density at radius 3 is 2.02 bits per heavy atom. The fraction of sp³-hybridized carbons (Fsp3) is 0.593. The van der Waals surface area contributed by atoms with Crippen LogP contribution in [0.25, 0.3) is 0 Å². The lowest BCUT2D eigenvalue weighted by Gasteiger charge is -2.26. The highest BCUT2D eigenvalue weighted by Crippen LogP contribution is 2.30. The molecule has 0 bridgehead atoms. The first-order chi connectivity index (χ1) is 19.6. The molecule has 0 saturated carbocycles. The van der Waals surface area contributed by atoms with Crippen LogP contribution < -0.4 is 27.9 Å². The molecule has 0 aromatic carbocycles. The van der Waals surface area contributed by atoms with E-state index in [0.29, 0.717) is 12.0 Å². The first kappa shape index (κ1) is 38.5. The molecule has 0 unspecified atom stereocenters. The monoisotopic (exact) mass is 662 g/mol. The summed E-state index contributed by atoms with van der Waals surface area (Å²) in [4.78, 5) is 22.6. The number of carbonyl (C=O) groups excluding carboxylic acids is 1. The fourth-order valence-corrected chi connectivity index (χ4v) is 3.91. The maximum atomic E-state index is 12.4. The van der Waals surface area contributed by atoms with Gasteiger partial charge in [0.25, 0.3) is 0 Å². The van der Waals surface area contributed by atoms with Crippen LogP contribution in [0.5, 0.6) is 0 Å². The lowest BCUT2D eigenvalue weighted by atomic mass is 10.2. The van der Waals surface area contributed by atoms with E-state index in [1.807, 2.05) is 25.7 Å². The summed E-state index contributed by atoms with van der Waals surface area (Å²) in [5, 5.41) is 5.51. The van der Waals surface area contributed by atoms with Gasteiger partial charge in [0.15, 0.2) is 0 Å². The van der Waals surface area contributed by atoms with Crippen molar-refractivity contribution in [1.29, 1.82) is 0 Å². The average Bonchev–Trinajstić information content (AvgIpc) is 3.34. The van der Waals surface area contributed by atoms with Crippen molar-refractivity contribution in [3.8, 4) is 0 Å². The minimum atomic E-state index is -4.34. The average molecular weight is 664 g/mol. The Bertz CT molecular complexity index is 1070. The van der Waals surface area contributed by atoms with Gasteiger partial charge in [-0.05, 0) is 58.0 Å². The van der Waals surface area contributed by atoms with Crippen molar-refractivity contribution in [1.82, 2.24) is 20.2 Å². The van der Waals surface area contributed by atoms with Gasteiger partial charge in [0.05, 0.1) is 30.8 Å². The van der Waals surface area contributed by atoms with Crippen molar-refractivity contribution < 1.29 is 53.6 Å². The normalized spacial score (nSPS) is 16.2. The van der Waals surface area contributed by atoms with Crippen LogP contribution in [0, 0.1) is 0 Å². The van der Waals surface area contributed by atoms with Crippen molar-refractivity contribution >= 4 is 23.5 Å². The molecule has 2 aliphatic rings. The summed E-state index contributed by atoms with van der Waals surface area (Å²) in [6.07, 6.45) is -5.20. The summed E-state index contributed by atoms with van der Waals surface area (Å²) in [5.41, 5.74) is -1.87. The van der Waals surface area contributed by atoms with E-state index in [1.165, 1.54) is 6.07 Å². The Morgan fingerprint density at radius 2 is 1.49 bits per heavy atom. The van der Waals surface area contributed by atoms with Crippen LogP contribution in [0.15, 0.2) is 36.7 Å². The number of nitrogens with two attached hydrogens (primary N) is 1. The molecular formula is C27H38Cl2F6N6O2. The molecule has 244 valence electrons. The zero-order valence-electron chi connectivity index (χ0n) is 24.2. The molecule has 2 aliphatic heterocycles. The number of hydrogen-bond acceptors (Lipinski definition) is 6. The summed E-state index contributed by atoms with van der Waals surface area (Å²) >= 11 is 5.28. The minimum absolute atomic E-state index is 0. The van der Waals surface area contributed by atoms with Gasteiger partial charge in [-0.1, -0.05) is 11.6 Å². The van der Waals surface area contributed by atoms with Gasteiger partial charge in [0.1, 0.15) is 16.6 Å². The summed E-state index contributed by atoms with van der Waals surface area (Å²) < 4.78 is 77.9. The highest BCUT2D eigenvalue weighted by molar-refractivity contribution is 6.29. The number of nitrogens with zero attached hydrogens (tertiary/aromatic N) is 4. The summed E-state index contributed by atoms with van der Waals surface area (Å²) in [7, 11) is 0. The van der Waals surface area contributed by atoms with E-state index in [0.717, 1.165) is 89.6 Å². The van der Waals surface area contributed by atoms with Crippen LogP contribution in [0.2, 0.25) is 5.15 Å². The fourth-order valence-electron chi connectivity index (χ4n) is 3.80. The number of rotatable bonds is 1. The van der Waals surface area contributed by atoms with E-state index in [4.69, 9.17) is 16.3 Å². The van der Waals surface area contributed by atoms with Gasteiger partial charge in [-0.2, -0.15) is 26.3 Å². The van der Waals surface area contributed by atoms with E-state index < -0.39 is 29.1 Å². The van der Waals surface area contributed by atoms with Crippen LogP contribution in [0.4, 0.5) is 37.0 Å². The van der Waals surface area contributed by atoms with Gasteiger partial charge in [0.2, 0.25) is 0 Å². The van der Waals surface area contributed by atoms with Gasteiger partial charge in [-0.3, -0.25) is 0 Å². The van der Waals surface area contributed by atoms with Gasteiger partial charge in [0, 0.05) is 45.0 Å². The summed E-state index contributed by atoms with van der Waals surface area (Å²) in [6.45, 7) is 12.8. The standard InChI is InChI=1S/C11H14F3N3.C10H20N2O2.C6H3ClF3N.ClH/c12-11(13,14)9-2-3-10(16-8-9)17-6-1-4-15-5-7-17;1-10(2,3)14-9(13)12-7-4-5-11-6-8-12;7-5-2-1-4(3-11-5)6(8,9)10;/h2-3,8,15H,1,4-7H2;11H,4-8H2,1-3H3;1-3H;1H. The van der Waals surface area contributed by atoms with E-state index in [1.54, 1.807) is 4.90 Å². The molecule has 2 saturated heterocycles. The second-order valence-electron chi connectivity index (χ2n) is 10.5. The van der Waals surface area contributed by atoms with Crippen LogP contribution in [-0.4, -0.2) is 78.9 Å². The third-order valence-electron chi connectivity index (χ3n) is 5.89. The maximum Gasteiger partial charge on any atom is 0.417 e. The number of anilines is 1. The number of carbonyl (C=O) groups is 1. The van der Waals surface area contributed by atoms with Gasteiger partial charge in [-0.15, -0.1) is 0 Å². The zero-order valence-corrected chi connectivity index (χ0v) is 25.8. The molecule has 43 heavy (non-hydrogen) atoms. The number of ether oxygens (including phenoxy) is 1. The second-order valence-corrected chi connectivity index (χ2v) is 10.9. The first-order valence-electron chi connectivity index (χ1n) is 13.5. The topological polar surface area (TPSA) is 87.2 Å². The van der Waals surface area contributed by atoms with Crippen LogP contribution in [0.1, 0.15) is 44.7 Å². The highest BCUT2D eigenvalue weighted by atomic mass is 35.5. The Hall–Kier alpha value is -2.55. The zero-order chi connectivity index (χ0) is 31.4. The minimum Gasteiger partial charge on any atom is -1.00 e. The molecule has 2 aromatic rings. The van der Waals surface area contributed by atoms with Crippen molar-refractivity contribution in [3.63, 3.8) is 0 Å². The SMILES string of the molecule is CC(C)(C)OC(=O)N1CCCNCC1.FC(F)(F)c1ccc(Cl)nc1.FC(F)(F)c1ccc(N2CCC[NH2+]CC2)nc1.[Cl-]. The maximum absolute atomic E-state index is 12.4. The molecular weight excluding hydrogens is 625 g/mol. The molecule has 0 radical (unpaired) electrons. The lowest BCUT2D eigenvalue weighted by molar-refractivity contribution is -0.650. The number of alkyl halides is 6. The van der Waals surface area contributed by atoms with Gasteiger partial charge in [-0.25, -0.2) is 14.8 Å². The van der Waals surface area contributed by atoms with Crippen LogP contribution >= 0.6 is 11.6 Å². The number of hydrogen-bond donors (Lipinski definition) is 2. The lowest BCUT2D eigenvalue weighted by Crippen LogP contribution is -3.00. The van der Waals surface area contributed by atoms with Crippen molar-refractivity contribution in [2.45, 2.75) is 51.6 Å². The molecule has 3 N–H and O–H groups in total. The van der Waals surface area contributed by atoms with E-state index in [-0.39, 0.29) is 23.7 Å². The molecule has 16 heteroatoms. The van der Waals surface area contributed by atoms with Crippen molar-refractivity contribution in [3.05, 3.63) is 52.9 Å². The third kappa shape index (κ3) is 15.1. The molecule has 2 fully saturated rings. The largest absolute Gasteiger partial charge is 1.00 e. The van der Waals surface area contributed by atoms with E-state index >= 15 is 0 Å². The predicted octanol–water partition coefficient (Wildman–Crippen LogP) is 1.85. The van der Waals surface area contributed by atoms with E-state index in [2.05, 4.69) is 20.6 Å². The molecule has 2 aromatic heterocycles. The van der Waals surface area contributed by atoms with Gasteiger partial charge < -0.3 is 37.6 Å². The molecule has 4 rings (SSSR count). The number of pyridine rings is 2. The summed E-state index contributed by atoms with van der Waals surface area (Å²) in [6, 6.07) is 4.53. The molecule has 0 atom stereocenters. The van der Waals surface area contributed by atoms with E-state index in [9.17, 15) is 31.1 Å². The molecule has 1 amide bonds. The van der Waals surface area contributed by atoms with Crippen molar-refractivity contribution in [2.75, 3.05) is 57.3 Å². The molecule has 0 spiro atoms. The third-order valence-corrected chi connectivity index (χ3v) is 6.11. The van der Waals surface area contributed by atoms with Gasteiger partial charge >= 0.3 is 18.4 Å². The Morgan fingerprint density at radius 1 is 0.860 bits per heavy atom. The first-order valence-corrected chi connectivity index (χ1v) is 13.9. The number of aromatic nitrogens is 2. The van der Waals surface area contributed by atoms with Crippen LogP contribution in [-0.2, 0) is 17.1 Å².